The Balaban J connectivity index is 2.03. The predicted octanol–water partition coefficient (Wildman–Crippen LogP) is 4.02. The number of hydrogen-bond donors (Lipinski definition) is 1. The first-order valence-electron chi connectivity index (χ1n) is 7.25. The molecule has 1 atom stereocenters. The first-order chi connectivity index (χ1) is 9.68. The average Bonchev–Trinajstić information content (AvgIpc) is 3.05. The molecule has 3 rings (SSSR count). The molecule has 4 heteroatoms. The molecule has 3 nitrogen and oxygen atoms in total. The van der Waals surface area contributed by atoms with Gasteiger partial charge in [-0.25, -0.2) is 0 Å². The maximum absolute atomic E-state index is 6.14. The number of nitrogens with two attached hydrogens (primary N) is 1. The van der Waals surface area contributed by atoms with Gasteiger partial charge in [-0.1, -0.05) is 44.2 Å². The van der Waals surface area contributed by atoms with Crippen molar-refractivity contribution in [3.63, 3.8) is 0 Å². The zero-order chi connectivity index (χ0) is 14.1. The van der Waals surface area contributed by atoms with Crippen LogP contribution in [0.2, 0.25) is 0 Å². The molecule has 0 amide bonds. The van der Waals surface area contributed by atoms with E-state index in [0.717, 1.165) is 12.1 Å². The van der Waals surface area contributed by atoms with Gasteiger partial charge in [0, 0.05) is 12.6 Å². The fourth-order valence-corrected chi connectivity index (χ4v) is 4.02. The molecule has 1 saturated heterocycles. The van der Waals surface area contributed by atoms with Crippen molar-refractivity contribution in [2.45, 2.75) is 32.7 Å². The van der Waals surface area contributed by atoms with Gasteiger partial charge in [-0.2, -0.15) is 4.37 Å². The van der Waals surface area contributed by atoms with E-state index in [1.54, 1.807) is 11.5 Å². The summed E-state index contributed by atoms with van der Waals surface area (Å²) < 4.78 is 4.41. The Bertz CT molecular complexity index is 577. The highest BCUT2D eigenvalue weighted by Crippen LogP contribution is 2.42. The summed E-state index contributed by atoms with van der Waals surface area (Å²) in [6, 6.07) is 11.0. The molecule has 2 N–H and O–H groups in total. The van der Waals surface area contributed by atoms with Crippen LogP contribution >= 0.6 is 11.5 Å². The van der Waals surface area contributed by atoms with Crippen LogP contribution in [0.25, 0.3) is 11.1 Å². The molecule has 20 heavy (non-hydrogen) atoms. The third-order valence-corrected chi connectivity index (χ3v) is 4.99. The molecule has 1 aromatic carbocycles. The van der Waals surface area contributed by atoms with Crippen LogP contribution in [0.1, 0.15) is 26.7 Å². The van der Waals surface area contributed by atoms with Gasteiger partial charge < -0.3 is 10.6 Å². The molecule has 106 valence electrons. The molecule has 0 bridgehead atoms. The van der Waals surface area contributed by atoms with Crippen molar-refractivity contribution in [3.8, 4) is 11.1 Å². The summed E-state index contributed by atoms with van der Waals surface area (Å²) in [4.78, 5) is 2.51. The Morgan fingerprint density at radius 2 is 2.05 bits per heavy atom. The van der Waals surface area contributed by atoms with Crippen LogP contribution in [0.5, 0.6) is 0 Å². The van der Waals surface area contributed by atoms with Crippen LogP contribution < -0.4 is 10.6 Å². The lowest BCUT2D eigenvalue weighted by Crippen LogP contribution is -2.33. The van der Waals surface area contributed by atoms with Crippen molar-refractivity contribution < 1.29 is 0 Å². The van der Waals surface area contributed by atoms with Crippen LogP contribution in [0.4, 0.5) is 10.8 Å². The largest absolute Gasteiger partial charge is 0.382 e. The zero-order valence-corrected chi connectivity index (χ0v) is 12.9. The molecule has 1 aliphatic rings. The number of nitrogen functional groups attached to an aromatic ring is 1. The number of nitrogens with zero attached hydrogens (tertiary/aromatic N) is 2. The Labute approximate surface area is 124 Å². The van der Waals surface area contributed by atoms with E-state index in [1.165, 1.54) is 23.4 Å². The Morgan fingerprint density at radius 1 is 1.30 bits per heavy atom. The van der Waals surface area contributed by atoms with Crippen molar-refractivity contribution in [2.75, 3.05) is 17.2 Å². The Kier molecular flexibility index (Phi) is 3.66. The molecular formula is C16H21N3S. The Hall–Kier alpha value is -1.55. The van der Waals surface area contributed by atoms with Crippen molar-refractivity contribution in [1.29, 1.82) is 0 Å². The van der Waals surface area contributed by atoms with Gasteiger partial charge in [0.15, 0.2) is 0 Å². The van der Waals surface area contributed by atoms with Gasteiger partial charge in [0.2, 0.25) is 0 Å². The van der Waals surface area contributed by atoms with Crippen LogP contribution in [-0.2, 0) is 0 Å². The highest BCUT2D eigenvalue weighted by atomic mass is 32.1. The summed E-state index contributed by atoms with van der Waals surface area (Å²) >= 11 is 1.54. The van der Waals surface area contributed by atoms with E-state index >= 15 is 0 Å². The molecule has 2 heterocycles. The van der Waals surface area contributed by atoms with Gasteiger partial charge >= 0.3 is 0 Å². The van der Waals surface area contributed by atoms with Crippen molar-refractivity contribution >= 4 is 22.4 Å². The molecule has 1 aliphatic heterocycles. The summed E-state index contributed by atoms with van der Waals surface area (Å²) in [5.74, 6) is 1.31. The van der Waals surface area contributed by atoms with Crippen LogP contribution in [0.15, 0.2) is 30.3 Å². The van der Waals surface area contributed by atoms with Gasteiger partial charge in [0.25, 0.3) is 0 Å². The highest BCUT2D eigenvalue weighted by Gasteiger charge is 2.31. The van der Waals surface area contributed by atoms with E-state index in [4.69, 9.17) is 5.73 Å². The van der Waals surface area contributed by atoms with E-state index in [1.807, 2.05) is 6.07 Å². The van der Waals surface area contributed by atoms with E-state index in [9.17, 15) is 0 Å². The van der Waals surface area contributed by atoms with Crippen LogP contribution in [0.3, 0.4) is 0 Å². The normalized spacial score (nSPS) is 18.9. The number of aromatic nitrogens is 1. The molecule has 1 unspecified atom stereocenters. The summed E-state index contributed by atoms with van der Waals surface area (Å²) in [7, 11) is 0. The second-order valence-corrected chi connectivity index (χ2v) is 6.51. The molecule has 0 saturated carbocycles. The second kappa shape index (κ2) is 5.44. The summed E-state index contributed by atoms with van der Waals surface area (Å²) in [5, 5.41) is 1.24. The maximum Gasteiger partial charge on any atom is 0.147 e. The van der Waals surface area contributed by atoms with E-state index in [2.05, 4.69) is 47.4 Å². The quantitative estimate of drug-likeness (QED) is 0.927. The van der Waals surface area contributed by atoms with Gasteiger partial charge in [0.05, 0.1) is 5.56 Å². The number of hydrogen-bond acceptors (Lipinski definition) is 4. The van der Waals surface area contributed by atoms with Crippen molar-refractivity contribution in [3.05, 3.63) is 30.3 Å². The first-order valence-corrected chi connectivity index (χ1v) is 8.03. The molecular weight excluding hydrogens is 266 g/mol. The van der Waals surface area contributed by atoms with Gasteiger partial charge in [0.1, 0.15) is 10.8 Å². The lowest BCUT2D eigenvalue weighted by Gasteiger charge is -2.29. The molecule has 1 aromatic heterocycles. The third kappa shape index (κ3) is 2.29. The fourth-order valence-electron chi connectivity index (χ4n) is 3.10. The molecule has 2 aromatic rings. The summed E-state index contributed by atoms with van der Waals surface area (Å²) in [5.41, 5.74) is 8.42. The van der Waals surface area contributed by atoms with Crippen LogP contribution in [-0.4, -0.2) is 17.0 Å². The highest BCUT2D eigenvalue weighted by molar-refractivity contribution is 7.11. The minimum Gasteiger partial charge on any atom is -0.382 e. The molecule has 0 aliphatic carbocycles. The third-order valence-electron chi connectivity index (χ3n) is 4.09. The number of anilines is 2. The fraction of sp³-hybridized carbons (Fsp3) is 0.438. The van der Waals surface area contributed by atoms with Crippen molar-refractivity contribution in [2.24, 2.45) is 5.92 Å². The van der Waals surface area contributed by atoms with E-state index in [0.29, 0.717) is 17.8 Å². The SMILES string of the molecule is CC(C)C1CCCN1c1snc(N)c1-c1ccccc1. The summed E-state index contributed by atoms with van der Waals surface area (Å²) in [6.07, 6.45) is 2.53. The standard InChI is InChI=1S/C16H21N3S/c1-11(2)13-9-6-10-19(13)16-14(15(17)18-20-16)12-7-4-3-5-8-12/h3-5,7-8,11,13H,6,9-10H2,1-2H3,(H2,17,18). The molecule has 0 radical (unpaired) electrons. The maximum atomic E-state index is 6.14. The number of benzene rings is 1. The van der Waals surface area contributed by atoms with E-state index < -0.39 is 0 Å². The van der Waals surface area contributed by atoms with Gasteiger partial charge in [-0.3, -0.25) is 0 Å². The van der Waals surface area contributed by atoms with Gasteiger partial charge in [-0.05, 0) is 35.9 Å². The van der Waals surface area contributed by atoms with Crippen molar-refractivity contribution in [1.82, 2.24) is 4.37 Å². The lowest BCUT2D eigenvalue weighted by molar-refractivity contribution is 0.493. The smallest absolute Gasteiger partial charge is 0.147 e. The average molecular weight is 287 g/mol. The Morgan fingerprint density at radius 3 is 2.75 bits per heavy atom. The second-order valence-electron chi connectivity index (χ2n) is 5.76. The predicted molar refractivity (Wildman–Crippen MR) is 87.2 cm³/mol. The number of rotatable bonds is 3. The molecule has 0 spiro atoms. The minimum absolute atomic E-state index is 0.609. The zero-order valence-electron chi connectivity index (χ0n) is 12.0. The molecule has 1 fully saturated rings. The topological polar surface area (TPSA) is 42.2 Å². The minimum atomic E-state index is 0.609. The first kappa shape index (κ1) is 13.4. The monoisotopic (exact) mass is 287 g/mol. The van der Waals surface area contributed by atoms with Crippen LogP contribution in [0, 0.1) is 5.92 Å². The van der Waals surface area contributed by atoms with Gasteiger partial charge in [-0.15, -0.1) is 0 Å². The summed E-state index contributed by atoms with van der Waals surface area (Å²) in [6.45, 7) is 5.72. The lowest BCUT2D eigenvalue weighted by atomic mass is 10.0. The van der Waals surface area contributed by atoms with E-state index in [-0.39, 0.29) is 0 Å².